The summed E-state index contributed by atoms with van der Waals surface area (Å²) in [5, 5.41) is 4.97. The van der Waals surface area contributed by atoms with Crippen LogP contribution in [-0.4, -0.2) is 45.8 Å². The normalized spacial score (nSPS) is 11.5. The van der Waals surface area contributed by atoms with Crippen LogP contribution in [0.3, 0.4) is 0 Å². The monoisotopic (exact) mass is 566 g/mol. The van der Waals surface area contributed by atoms with Gasteiger partial charge in [0, 0.05) is 17.0 Å². The van der Waals surface area contributed by atoms with E-state index in [4.69, 9.17) is 21.1 Å². The number of anilines is 1. The number of hydrazone groups is 1. The van der Waals surface area contributed by atoms with Crippen molar-refractivity contribution in [2.75, 3.05) is 24.6 Å². The molecular formula is C28H27ClN4O5S. The fourth-order valence-electron chi connectivity index (χ4n) is 3.72. The number of benzene rings is 3. The summed E-state index contributed by atoms with van der Waals surface area (Å²) in [6.07, 6.45) is 1.36. The minimum absolute atomic E-state index is 0.0217. The molecule has 11 heteroatoms. The number of methoxy groups -OCH3 is 1. The molecule has 1 N–H and O–H groups in total. The van der Waals surface area contributed by atoms with Gasteiger partial charge in [0.1, 0.15) is 23.2 Å². The van der Waals surface area contributed by atoms with Crippen LogP contribution in [0.4, 0.5) is 5.69 Å². The number of amides is 1. The molecule has 0 spiro atoms. The number of halogens is 1. The van der Waals surface area contributed by atoms with Gasteiger partial charge in [0.05, 0.1) is 36.0 Å². The number of hydrogen-bond donors (Lipinski definition) is 1. The smallest absolute Gasteiger partial charge is 0.264 e. The van der Waals surface area contributed by atoms with E-state index < -0.39 is 22.5 Å². The molecule has 0 aliphatic heterocycles. The van der Waals surface area contributed by atoms with Gasteiger partial charge in [-0.25, -0.2) is 18.8 Å². The molecule has 1 heterocycles. The van der Waals surface area contributed by atoms with Gasteiger partial charge in [-0.15, -0.1) is 0 Å². The largest absolute Gasteiger partial charge is 0.497 e. The van der Waals surface area contributed by atoms with Gasteiger partial charge in [-0.1, -0.05) is 29.3 Å². The van der Waals surface area contributed by atoms with Crippen molar-refractivity contribution in [2.45, 2.75) is 18.7 Å². The predicted octanol–water partition coefficient (Wildman–Crippen LogP) is 4.95. The summed E-state index contributed by atoms with van der Waals surface area (Å²) in [5.74, 6) is 0.556. The third-order valence-corrected chi connectivity index (χ3v) is 7.82. The summed E-state index contributed by atoms with van der Waals surface area (Å²) in [5.41, 5.74) is 4.80. The van der Waals surface area contributed by atoms with E-state index in [1.54, 1.807) is 61.7 Å². The summed E-state index contributed by atoms with van der Waals surface area (Å²) in [4.78, 5) is 17.2. The molecule has 0 saturated heterocycles. The number of rotatable bonds is 10. The number of aromatic nitrogens is 1. The number of sulfonamides is 1. The molecule has 9 nitrogen and oxygen atoms in total. The van der Waals surface area contributed by atoms with Crippen LogP contribution in [0, 0.1) is 6.92 Å². The highest BCUT2D eigenvalue weighted by Crippen LogP contribution is 2.26. The van der Waals surface area contributed by atoms with Gasteiger partial charge < -0.3 is 9.47 Å². The number of aryl methyl sites for hydroxylation is 1. The van der Waals surface area contributed by atoms with Gasteiger partial charge in [-0.2, -0.15) is 5.10 Å². The SMILES string of the molecule is CCOc1ccc(S(=O)(=O)N(CC(=O)N/N=C/c2cc3ccc(OC)cc3nc2Cl)c2ccc(C)cc2)cc1. The number of hydrogen-bond acceptors (Lipinski definition) is 7. The number of fused-ring (bicyclic) bond motifs is 1. The van der Waals surface area contributed by atoms with Gasteiger partial charge in [0.25, 0.3) is 15.9 Å². The number of carbonyl (C=O) groups is 1. The summed E-state index contributed by atoms with van der Waals surface area (Å²) >= 11 is 6.30. The Balaban J connectivity index is 1.55. The maximum atomic E-state index is 13.6. The topological polar surface area (TPSA) is 110 Å². The van der Waals surface area contributed by atoms with E-state index in [2.05, 4.69) is 15.5 Å². The summed E-state index contributed by atoms with van der Waals surface area (Å²) in [6.45, 7) is 3.68. The maximum Gasteiger partial charge on any atom is 0.264 e. The minimum atomic E-state index is -4.08. The summed E-state index contributed by atoms with van der Waals surface area (Å²) < 4.78 is 38.8. The van der Waals surface area contributed by atoms with E-state index in [1.807, 2.05) is 19.9 Å². The van der Waals surface area contributed by atoms with E-state index in [-0.39, 0.29) is 10.0 Å². The summed E-state index contributed by atoms with van der Waals surface area (Å²) in [6, 6.07) is 20.0. The minimum Gasteiger partial charge on any atom is -0.497 e. The molecule has 0 aliphatic rings. The zero-order valence-electron chi connectivity index (χ0n) is 21.6. The Kier molecular flexibility index (Phi) is 8.68. The quantitative estimate of drug-likeness (QED) is 0.165. The number of ether oxygens (including phenoxy) is 2. The van der Waals surface area contributed by atoms with Crippen molar-refractivity contribution < 1.29 is 22.7 Å². The predicted molar refractivity (Wildman–Crippen MR) is 152 cm³/mol. The molecule has 0 radical (unpaired) electrons. The molecule has 1 aromatic heterocycles. The van der Waals surface area contributed by atoms with Crippen LogP contribution in [0.25, 0.3) is 10.9 Å². The summed E-state index contributed by atoms with van der Waals surface area (Å²) in [7, 11) is -2.52. The molecule has 0 saturated carbocycles. The molecule has 0 unspecified atom stereocenters. The van der Waals surface area contributed by atoms with Gasteiger partial charge in [0.15, 0.2) is 0 Å². The fourth-order valence-corrected chi connectivity index (χ4v) is 5.34. The van der Waals surface area contributed by atoms with E-state index in [0.29, 0.717) is 34.9 Å². The molecule has 1 amide bonds. The first-order valence-corrected chi connectivity index (χ1v) is 13.8. The highest BCUT2D eigenvalue weighted by molar-refractivity contribution is 7.92. The molecule has 0 aliphatic carbocycles. The molecule has 0 atom stereocenters. The number of pyridine rings is 1. The average Bonchev–Trinajstić information content (AvgIpc) is 2.92. The second kappa shape index (κ2) is 12.1. The van der Waals surface area contributed by atoms with Gasteiger partial charge in [0.2, 0.25) is 0 Å². The van der Waals surface area contributed by atoms with E-state index in [1.165, 1.54) is 18.3 Å². The van der Waals surface area contributed by atoms with Crippen LogP contribution in [0.2, 0.25) is 5.15 Å². The Morgan fingerprint density at radius 3 is 2.41 bits per heavy atom. The lowest BCUT2D eigenvalue weighted by Crippen LogP contribution is -2.39. The number of carbonyl (C=O) groups excluding carboxylic acids is 1. The lowest BCUT2D eigenvalue weighted by Gasteiger charge is -2.24. The van der Waals surface area contributed by atoms with Gasteiger partial charge in [-0.3, -0.25) is 9.10 Å². The Labute approximate surface area is 232 Å². The van der Waals surface area contributed by atoms with Crippen molar-refractivity contribution in [3.05, 3.63) is 89.1 Å². The molecule has 0 bridgehead atoms. The van der Waals surface area contributed by atoms with Crippen LogP contribution in [0.5, 0.6) is 11.5 Å². The fraction of sp³-hybridized carbons (Fsp3) is 0.179. The number of nitrogens with zero attached hydrogens (tertiary/aromatic N) is 3. The first-order valence-electron chi connectivity index (χ1n) is 12.0. The maximum absolute atomic E-state index is 13.6. The Hall–Kier alpha value is -4.15. The Morgan fingerprint density at radius 1 is 1.05 bits per heavy atom. The molecule has 202 valence electrons. The molecule has 3 aromatic carbocycles. The van der Waals surface area contributed by atoms with E-state index in [0.717, 1.165) is 15.3 Å². The highest BCUT2D eigenvalue weighted by Gasteiger charge is 2.27. The second-order valence-electron chi connectivity index (χ2n) is 8.47. The third-order valence-electron chi connectivity index (χ3n) is 5.73. The van der Waals surface area contributed by atoms with Crippen LogP contribution < -0.4 is 19.2 Å². The van der Waals surface area contributed by atoms with E-state index in [9.17, 15) is 13.2 Å². The Bertz CT molecular complexity index is 1610. The van der Waals surface area contributed by atoms with Gasteiger partial charge >= 0.3 is 0 Å². The molecular weight excluding hydrogens is 540 g/mol. The van der Waals surface area contributed by atoms with Crippen LogP contribution in [0.15, 0.2) is 82.8 Å². The van der Waals surface area contributed by atoms with E-state index >= 15 is 0 Å². The number of nitrogens with one attached hydrogen (secondary N) is 1. The average molecular weight is 567 g/mol. The highest BCUT2D eigenvalue weighted by atomic mass is 35.5. The zero-order chi connectivity index (χ0) is 28.0. The van der Waals surface area contributed by atoms with Crippen molar-refractivity contribution >= 4 is 50.3 Å². The van der Waals surface area contributed by atoms with Crippen molar-refractivity contribution in [1.29, 1.82) is 0 Å². The third kappa shape index (κ3) is 6.65. The van der Waals surface area contributed by atoms with Crippen molar-refractivity contribution in [1.82, 2.24) is 10.4 Å². The van der Waals surface area contributed by atoms with Crippen molar-refractivity contribution in [2.24, 2.45) is 5.10 Å². The van der Waals surface area contributed by atoms with Crippen molar-refractivity contribution in [3.8, 4) is 11.5 Å². The molecule has 4 aromatic rings. The van der Waals surface area contributed by atoms with Crippen LogP contribution >= 0.6 is 11.6 Å². The van der Waals surface area contributed by atoms with Crippen molar-refractivity contribution in [3.63, 3.8) is 0 Å². The lowest BCUT2D eigenvalue weighted by molar-refractivity contribution is -0.119. The second-order valence-corrected chi connectivity index (χ2v) is 10.7. The first-order chi connectivity index (χ1) is 18.7. The molecule has 39 heavy (non-hydrogen) atoms. The lowest BCUT2D eigenvalue weighted by atomic mass is 10.1. The van der Waals surface area contributed by atoms with Crippen LogP contribution in [0.1, 0.15) is 18.1 Å². The molecule has 0 fully saturated rings. The zero-order valence-corrected chi connectivity index (χ0v) is 23.2. The Morgan fingerprint density at radius 2 is 1.74 bits per heavy atom. The standard InChI is InChI=1S/C28H27ClN4O5S/c1-4-38-23-11-13-25(14-12-23)39(35,36)33(22-8-5-19(2)6-9-22)18-27(34)32-30-17-21-15-20-7-10-24(37-3)16-26(20)31-28(21)29/h5-17H,4,18H2,1-3H3,(H,32,34)/b30-17+. The first kappa shape index (κ1) is 27.9. The molecule has 4 rings (SSSR count). The van der Waals surface area contributed by atoms with Crippen LogP contribution in [-0.2, 0) is 14.8 Å². The van der Waals surface area contributed by atoms with Gasteiger partial charge in [-0.05, 0) is 68.4 Å².